The number of benzene rings is 2. The first-order valence-corrected chi connectivity index (χ1v) is 11.0. The molecule has 6 nitrogen and oxygen atoms in total. The van der Waals surface area contributed by atoms with E-state index in [-0.39, 0.29) is 17.4 Å². The molecule has 2 aromatic carbocycles. The van der Waals surface area contributed by atoms with E-state index < -0.39 is 6.36 Å². The average Bonchev–Trinajstić information content (AvgIpc) is 2.79. The van der Waals surface area contributed by atoms with E-state index >= 15 is 0 Å². The number of amides is 1. The quantitative estimate of drug-likeness (QED) is 0.570. The number of carbonyl (C=O) groups is 1. The monoisotopic (exact) mass is 463 g/mol. The molecule has 3 aromatic rings. The maximum Gasteiger partial charge on any atom is 0.573 e. The predicted molar refractivity (Wildman–Crippen MR) is 118 cm³/mol. The van der Waals surface area contributed by atoms with Gasteiger partial charge in [-0.25, -0.2) is 4.98 Å². The molecule has 0 unspecified atom stereocenters. The van der Waals surface area contributed by atoms with Crippen molar-refractivity contribution in [3.8, 4) is 11.5 Å². The first-order valence-electron chi connectivity index (χ1n) is 9.82. The fraction of sp³-hybridized carbons (Fsp3) is 0.273. The topological polar surface area (TPSA) is 63.7 Å². The molecule has 1 aromatic heterocycles. The minimum absolute atomic E-state index is 0.171. The lowest BCUT2D eigenvalue weighted by Crippen LogP contribution is -2.38. The van der Waals surface area contributed by atoms with Gasteiger partial charge in [0, 0.05) is 35.7 Å². The highest BCUT2D eigenvalue weighted by Crippen LogP contribution is 2.33. The highest BCUT2D eigenvalue weighted by Gasteiger charge is 2.31. The fourth-order valence-electron chi connectivity index (χ4n) is 3.42. The molecule has 0 spiro atoms. The molecule has 168 valence electrons. The third-order valence-electron chi connectivity index (χ3n) is 4.91. The number of nitrogens with one attached hydrogen (secondary N) is 1. The predicted octanol–water partition coefficient (Wildman–Crippen LogP) is 5.07. The number of thioether (sulfide) groups is 1. The van der Waals surface area contributed by atoms with Crippen molar-refractivity contribution in [2.45, 2.75) is 6.36 Å². The van der Waals surface area contributed by atoms with E-state index in [1.165, 1.54) is 31.4 Å². The third kappa shape index (κ3) is 5.01. The molecule has 4 rings (SSSR count). The second-order valence-electron chi connectivity index (χ2n) is 7.01. The van der Waals surface area contributed by atoms with Crippen molar-refractivity contribution in [1.29, 1.82) is 0 Å². The largest absolute Gasteiger partial charge is 0.573 e. The maximum absolute atomic E-state index is 13.1. The van der Waals surface area contributed by atoms with Crippen LogP contribution in [0.4, 0.5) is 24.5 Å². The summed E-state index contributed by atoms with van der Waals surface area (Å²) in [4.78, 5) is 19.4. The van der Waals surface area contributed by atoms with Crippen molar-refractivity contribution in [2.75, 3.05) is 37.0 Å². The summed E-state index contributed by atoms with van der Waals surface area (Å²) in [5.74, 6) is 1.78. The molecule has 0 bridgehead atoms. The number of fused-ring (bicyclic) bond motifs is 1. The number of para-hydroxylation sites is 1. The maximum atomic E-state index is 13.1. The normalized spacial score (nSPS) is 14.3. The van der Waals surface area contributed by atoms with Crippen LogP contribution in [0.2, 0.25) is 0 Å². The van der Waals surface area contributed by atoms with E-state index in [9.17, 15) is 18.0 Å². The summed E-state index contributed by atoms with van der Waals surface area (Å²) in [5, 5.41) is 3.89. The lowest BCUT2D eigenvalue weighted by atomic mass is 10.1. The molecule has 1 aliphatic rings. The number of aromatic nitrogens is 1. The van der Waals surface area contributed by atoms with E-state index in [1.54, 1.807) is 34.9 Å². The number of pyridine rings is 1. The van der Waals surface area contributed by atoms with Crippen LogP contribution in [-0.2, 0) is 0 Å². The average molecular weight is 463 g/mol. The minimum atomic E-state index is -4.75. The number of alkyl halides is 3. The Morgan fingerprint density at radius 2 is 1.84 bits per heavy atom. The molecule has 1 fully saturated rings. The van der Waals surface area contributed by atoms with Crippen molar-refractivity contribution >= 4 is 39.9 Å². The summed E-state index contributed by atoms with van der Waals surface area (Å²) in [7, 11) is 1.53. The second-order valence-corrected chi connectivity index (χ2v) is 8.24. The number of rotatable bonds is 5. The van der Waals surface area contributed by atoms with Crippen LogP contribution >= 0.6 is 11.8 Å². The fourth-order valence-corrected chi connectivity index (χ4v) is 4.33. The van der Waals surface area contributed by atoms with Gasteiger partial charge in [-0.1, -0.05) is 12.1 Å². The SMILES string of the molecule is COc1cccc2c(Nc3ccc(OC(F)(F)F)cc3)cc(C(=O)N3CCSCC3)nc12. The van der Waals surface area contributed by atoms with Crippen molar-refractivity contribution in [3.05, 3.63) is 54.2 Å². The lowest BCUT2D eigenvalue weighted by Gasteiger charge is -2.26. The number of nitrogens with zero attached hydrogens (tertiary/aromatic N) is 2. The van der Waals surface area contributed by atoms with Gasteiger partial charge in [0.05, 0.1) is 12.8 Å². The van der Waals surface area contributed by atoms with Crippen molar-refractivity contribution in [3.63, 3.8) is 0 Å². The van der Waals surface area contributed by atoms with Crippen LogP contribution in [0.3, 0.4) is 0 Å². The molecule has 0 aliphatic carbocycles. The Kier molecular flexibility index (Phi) is 6.31. The summed E-state index contributed by atoms with van der Waals surface area (Å²) in [5.41, 5.74) is 1.91. The van der Waals surface area contributed by atoms with E-state index in [1.807, 2.05) is 6.07 Å². The minimum Gasteiger partial charge on any atom is -0.494 e. The second kappa shape index (κ2) is 9.15. The molecule has 1 amide bonds. The van der Waals surface area contributed by atoms with Crippen LogP contribution in [0, 0.1) is 0 Å². The van der Waals surface area contributed by atoms with Gasteiger partial charge in [-0.15, -0.1) is 13.2 Å². The van der Waals surface area contributed by atoms with Crippen LogP contribution in [-0.4, -0.2) is 53.9 Å². The van der Waals surface area contributed by atoms with E-state index in [2.05, 4.69) is 15.0 Å². The molecule has 1 aliphatic heterocycles. The van der Waals surface area contributed by atoms with E-state index in [0.29, 0.717) is 41.1 Å². The van der Waals surface area contributed by atoms with Gasteiger partial charge in [0.2, 0.25) is 0 Å². The molecule has 1 saturated heterocycles. The summed E-state index contributed by atoms with van der Waals surface area (Å²) >= 11 is 1.80. The molecule has 0 radical (unpaired) electrons. The van der Waals surface area contributed by atoms with Gasteiger partial charge in [0.25, 0.3) is 5.91 Å². The number of methoxy groups -OCH3 is 1. The Labute approximate surface area is 186 Å². The smallest absolute Gasteiger partial charge is 0.494 e. The number of hydrogen-bond acceptors (Lipinski definition) is 6. The summed E-state index contributed by atoms with van der Waals surface area (Å²) in [6, 6.07) is 12.4. The summed E-state index contributed by atoms with van der Waals surface area (Å²) in [6.45, 7) is 1.30. The van der Waals surface area contributed by atoms with Crippen molar-refractivity contribution in [2.24, 2.45) is 0 Å². The Bertz CT molecular complexity index is 1120. The molecule has 32 heavy (non-hydrogen) atoms. The molecule has 1 N–H and O–H groups in total. The van der Waals surface area contributed by atoms with Crippen molar-refractivity contribution in [1.82, 2.24) is 9.88 Å². The zero-order valence-electron chi connectivity index (χ0n) is 17.1. The number of ether oxygens (including phenoxy) is 2. The first-order chi connectivity index (χ1) is 15.3. The number of anilines is 2. The molecule has 0 atom stereocenters. The summed E-state index contributed by atoms with van der Waals surface area (Å²) in [6.07, 6.45) is -4.75. The highest BCUT2D eigenvalue weighted by molar-refractivity contribution is 7.99. The van der Waals surface area contributed by atoms with Crippen LogP contribution in [0.5, 0.6) is 11.5 Å². The van der Waals surface area contributed by atoms with Gasteiger partial charge >= 0.3 is 6.36 Å². The number of halogens is 3. The van der Waals surface area contributed by atoms with Gasteiger partial charge < -0.3 is 19.7 Å². The highest BCUT2D eigenvalue weighted by atomic mass is 32.2. The molecule has 0 saturated carbocycles. The van der Waals surface area contributed by atoms with Gasteiger partial charge in [-0.05, 0) is 36.4 Å². The lowest BCUT2D eigenvalue weighted by molar-refractivity contribution is -0.274. The van der Waals surface area contributed by atoms with Crippen LogP contribution in [0.15, 0.2) is 48.5 Å². The zero-order chi connectivity index (χ0) is 22.7. The zero-order valence-corrected chi connectivity index (χ0v) is 17.9. The summed E-state index contributed by atoms with van der Waals surface area (Å²) < 4.78 is 46.6. The van der Waals surface area contributed by atoms with E-state index in [4.69, 9.17) is 4.74 Å². The molecular weight excluding hydrogens is 443 g/mol. The first kappa shape index (κ1) is 22.1. The standard InChI is InChI=1S/C22H20F3N3O3S/c1-30-19-4-2-3-16-17(26-14-5-7-15(8-6-14)31-22(23,24)25)13-18(27-20(16)19)21(29)28-9-11-32-12-10-28/h2-8,13H,9-12H2,1H3,(H,26,27). The van der Waals surface area contributed by atoms with Crippen LogP contribution in [0.25, 0.3) is 10.9 Å². The van der Waals surface area contributed by atoms with Crippen LogP contribution < -0.4 is 14.8 Å². The Hall–Kier alpha value is -3.14. The van der Waals surface area contributed by atoms with Gasteiger partial charge in [0.15, 0.2) is 0 Å². The molecular formula is C22H20F3N3O3S. The van der Waals surface area contributed by atoms with Crippen molar-refractivity contribution < 1.29 is 27.4 Å². The van der Waals surface area contributed by atoms with Crippen LogP contribution in [0.1, 0.15) is 10.5 Å². The number of hydrogen-bond donors (Lipinski definition) is 1. The Morgan fingerprint density at radius 1 is 1.12 bits per heavy atom. The Balaban J connectivity index is 1.70. The van der Waals surface area contributed by atoms with Gasteiger partial charge in [-0.3, -0.25) is 4.79 Å². The third-order valence-corrected chi connectivity index (χ3v) is 5.85. The Morgan fingerprint density at radius 3 is 2.50 bits per heavy atom. The van der Waals surface area contributed by atoms with Gasteiger partial charge in [0.1, 0.15) is 22.7 Å². The number of carbonyl (C=O) groups excluding carboxylic acids is 1. The molecule has 2 heterocycles. The van der Waals surface area contributed by atoms with E-state index in [0.717, 1.165) is 11.5 Å². The molecule has 10 heteroatoms. The van der Waals surface area contributed by atoms with Gasteiger partial charge in [-0.2, -0.15) is 11.8 Å².